The summed E-state index contributed by atoms with van der Waals surface area (Å²) in [6.45, 7) is 0.230. The van der Waals surface area contributed by atoms with Crippen molar-refractivity contribution in [1.29, 1.82) is 0 Å². The van der Waals surface area contributed by atoms with Crippen molar-refractivity contribution >= 4 is 40.4 Å². The van der Waals surface area contributed by atoms with Gasteiger partial charge >= 0.3 is 0 Å². The highest BCUT2D eigenvalue weighted by Gasteiger charge is 2.34. The van der Waals surface area contributed by atoms with E-state index in [0.29, 0.717) is 14.2 Å². The average Bonchev–Trinajstić information content (AvgIpc) is 2.70. The summed E-state index contributed by atoms with van der Waals surface area (Å²) in [5.74, 6) is -0.316. The van der Waals surface area contributed by atoms with Crippen LogP contribution in [0, 0.1) is 0 Å². The second-order valence-corrected chi connectivity index (χ2v) is 5.87. The minimum atomic E-state index is -0.892. The maximum atomic E-state index is 11.9. The number of hydrogen-bond donors (Lipinski definition) is 2. The second kappa shape index (κ2) is 4.50. The van der Waals surface area contributed by atoms with Gasteiger partial charge in [0.25, 0.3) is 5.91 Å². The molecule has 2 rings (SSSR count). The van der Waals surface area contributed by atoms with Gasteiger partial charge in [-0.3, -0.25) is 4.79 Å². The van der Waals surface area contributed by atoms with Gasteiger partial charge in [0, 0.05) is 13.1 Å². The highest BCUT2D eigenvalue weighted by molar-refractivity contribution is 7.20. The van der Waals surface area contributed by atoms with Gasteiger partial charge in [-0.05, 0) is 6.07 Å². The fourth-order valence-corrected chi connectivity index (χ4v) is 3.04. The lowest BCUT2D eigenvalue weighted by atomic mass is 10.3. The van der Waals surface area contributed by atoms with Gasteiger partial charge in [-0.1, -0.05) is 23.2 Å². The number of amides is 1. The van der Waals surface area contributed by atoms with Crippen LogP contribution in [0.15, 0.2) is 6.07 Å². The number of carbonyl (C=O) groups is 1. The minimum absolute atomic E-state index is 0.115. The molecule has 2 heterocycles. The highest BCUT2D eigenvalue weighted by atomic mass is 35.5. The van der Waals surface area contributed by atoms with Gasteiger partial charge in [0.1, 0.15) is 4.34 Å². The van der Waals surface area contributed by atoms with Crippen molar-refractivity contribution in [3.8, 4) is 0 Å². The Morgan fingerprint density at radius 2 is 1.94 bits per heavy atom. The van der Waals surface area contributed by atoms with Crippen LogP contribution in [0.3, 0.4) is 0 Å². The molecular formula is C9H9Cl2NO3S. The molecule has 0 aliphatic carbocycles. The number of carbonyl (C=O) groups excluding carboxylic acids is 1. The van der Waals surface area contributed by atoms with Crippen LogP contribution in [-0.2, 0) is 0 Å². The van der Waals surface area contributed by atoms with Crippen molar-refractivity contribution in [2.45, 2.75) is 12.2 Å². The van der Waals surface area contributed by atoms with E-state index in [4.69, 9.17) is 23.2 Å². The smallest absolute Gasteiger partial charge is 0.256 e. The summed E-state index contributed by atoms with van der Waals surface area (Å²) in [6, 6.07) is 1.49. The van der Waals surface area contributed by atoms with E-state index in [0.717, 1.165) is 11.3 Å². The van der Waals surface area contributed by atoms with E-state index in [1.165, 1.54) is 11.0 Å². The third-order valence-corrected chi connectivity index (χ3v) is 3.92. The van der Waals surface area contributed by atoms with E-state index in [1.54, 1.807) is 0 Å². The van der Waals surface area contributed by atoms with Gasteiger partial charge in [0.05, 0.1) is 22.1 Å². The van der Waals surface area contributed by atoms with Crippen LogP contribution >= 0.6 is 34.5 Å². The molecule has 1 amide bonds. The van der Waals surface area contributed by atoms with Crippen LogP contribution in [0.25, 0.3) is 0 Å². The van der Waals surface area contributed by atoms with Crippen LogP contribution in [0.4, 0.5) is 0 Å². The third kappa shape index (κ3) is 2.19. The zero-order valence-corrected chi connectivity index (χ0v) is 10.4. The first-order chi connectivity index (χ1) is 7.49. The Balaban J connectivity index is 2.17. The third-order valence-electron chi connectivity index (χ3n) is 2.43. The first kappa shape index (κ1) is 12.1. The summed E-state index contributed by atoms with van der Waals surface area (Å²) in [5.41, 5.74) is 0.318. The predicted octanol–water partition coefficient (Wildman–Crippen LogP) is 1.23. The molecule has 1 fully saturated rings. The van der Waals surface area contributed by atoms with Crippen molar-refractivity contribution in [2.24, 2.45) is 0 Å². The summed E-state index contributed by atoms with van der Waals surface area (Å²) in [7, 11) is 0. The van der Waals surface area contributed by atoms with E-state index >= 15 is 0 Å². The van der Waals surface area contributed by atoms with Gasteiger partial charge in [0.2, 0.25) is 0 Å². The number of halogens is 2. The molecule has 0 aromatic carbocycles. The van der Waals surface area contributed by atoms with E-state index in [-0.39, 0.29) is 19.0 Å². The van der Waals surface area contributed by atoms with Crippen LogP contribution in [0.5, 0.6) is 0 Å². The van der Waals surface area contributed by atoms with Crippen molar-refractivity contribution < 1.29 is 15.0 Å². The molecule has 0 spiro atoms. The quantitative estimate of drug-likeness (QED) is 0.814. The molecule has 0 saturated carbocycles. The summed E-state index contributed by atoms with van der Waals surface area (Å²) in [4.78, 5) is 13.3. The molecule has 1 aliphatic rings. The minimum Gasteiger partial charge on any atom is -0.388 e. The molecular weight excluding hydrogens is 273 g/mol. The molecule has 16 heavy (non-hydrogen) atoms. The van der Waals surface area contributed by atoms with E-state index in [1.807, 2.05) is 0 Å². The zero-order chi connectivity index (χ0) is 11.9. The number of thiophene rings is 1. The van der Waals surface area contributed by atoms with Crippen molar-refractivity contribution in [1.82, 2.24) is 4.90 Å². The van der Waals surface area contributed by atoms with Crippen LogP contribution < -0.4 is 0 Å². The lowest BCUT2D eigenvalue weighted by Crippen LogP contribution is -2.29. The fourth-order valence-electron chi connectivity index (χ4n) is 1.59. The Hall–Kier alpha value is -0.330. The zero-order valence-electron chi connectivity index (χ0n) is 8.06. The van der Waals surface area contributed by atoms with Gasteiger partial charge in [-0.2, -0.15) is 0 Å². The molecule has 0 bridgehead atoms. The molecule has 1 saturated heterocycles. The Bertz CT molecular complexity index is 413. The molecule has 0 radical (unpaired) electrons. The van der Waals surface area contributed by atoms with Crippen LogP contribution in [-0.4, -0.2) is 46.3 Å². The van der Waals surface area contributed by atoms with Gasteiger partial charge in [-0.25, -0.2) is 0 Å². The van der Waals surface area contributed by atoms with Crippen LogP contribution in [0.1, 0.15) is 10.4 Å². The topological polar surface area (TPSA) is 60.8 Å². The average molecular weight is 282 g/mol. The molecule has 1 aliphatic heterocycles. The number of hydrogen-bond acceptors (Lipinski definition) is 4. The SMILES string of the molecule is O=C(c1cc(Cl)sc1Cl)N1CC(O)C(O)C1. The monoisotopic (exact) mass is 281 g/mol. The molecule has 88 valence electrons. The van der Waals surface area contributed by atoms with Crippen molar-refractivity contribution in [2.75, 3.05) is 13.1 Å². The Morgan fingerprint density at radius 3 is 2.38 bits per heavy atom. The lowest BCUT2D eigenvalue weighted by Gasteiger charge is -2.14. The largest absolute Gasteiger partial charge is 0.388 e. The number of likely N-dealkylation sites (tertiary alicyclic amines) is 1. The molecule has 1 aromatic heterocycles. The molecule has 7 heteroatoms. The highest BCUT2D eigenvalue weighted by Crippen LogP contribution is 2.32. The molecule has 2 atom stereocenters. The van der Waals surface area contributed by atoms with E-state index in [9.17, 15) is 15.0 Å². The van der Waals surface area contributed by atoms with Gasteiger partial charge in [0.15, 0.2) is 0 Å². The fraction of sp³-hybridized carbons (Fsp3) is 0.444. The number of nitrogens with zero attached hydrogens (tertiary/aromatic N) is 1. The predicted molar refractivity (Wildman–Crippen MR) is 62.3 cm³/mol. The summed E-state index contributed by atoms with van der Waals surface area (Å²) >= 11 is 12.7. The maximum Gasteiger partial charge on any atom is 0.256 e. The number of aliphatic hydroxyl groups excluding tert-OH is 2. The first-order valence-electron chi connectivity index (χ1n) is 4.59. The summed E-state index contributed by atoms with van der Waals surface area (Å²) in [6.07, 6.45) is -1.78. The number of aliphatic hydroxyl groups is 2. The second-order valence-electron chi connectivity index (χ2n) is 3.58. The summed E-state index contributed by atoms with van der Waals surface area (Å²) < 4.78 is 0.763. The maximum absolute atomic E-state index is 11.9. The van der Waals surface area contributed by atoms with Gasteiger partial charge in [-0.15, -0.1) is 11.3 Å². The first-order valence-corrected chi connectivity index (χ1v) is 6.16. The molecule has 1 aromatic rings. The lowest BCUT2D eigenvalue weighted by molar-refractivity contribution is 0.0572. The molecule has 4 nitrogen and oxygen atoms in total. The molecule has 2 N–H and O–H groups in total. The Labute approximate surface area is 106 Å². The normalized spacial score (nSPS) is 25.1. The van der Waals surface area contributed by atoms with Crippen molar-refractivity contribution in [3.63, 3.8) is 0 Å². The van der Waals surface area contributed by atoms with E-state index in [2.05, 4.69) is 0 Å². The van der Waals surface area contributed by atoms with E-state index < -0.39 is 12.2 Å². The summed E-state index contributed by atoms with van der Waals surface area (Å²) in [5, 5.41) is 18.7. The number of β-amino-alcohol motifs (C(OH)–C–C–N with tert-alkyl or cyclic N) is 2. The standard InChI is InChI=1S/C9H9Cl2NO3S/c10-7-1-4(8(11)16-7)9(15)12-2-5(13)6(14)3-12/h1,5-6,13-14H,2-3H2. The van der Waals surface area contributed by atoms with Crippen molar-refractivity contribution in [3.05, 3.63) is 20.3 Å². The Morgan fingerprint density at radius 1 is 1.38 bits per heavy atom. The van der Waals surface area contributed by atoms with Gasteiger partial charge < -0.3 is 15.1 Å². The molecule has 2 unspecified atom stereocenters. The number of rotatable bonds is 1. The van der Waals surface area contributed by atoms with Crippen LogP contribution in [0.2, 0.25) is 8.67 Å². The Kier molecular flexibility index (Phi) is 3.42.